The minimum atomic E-state index is -2.44. The molecule has 7 heteroatoms. The van der Waals surface area contributed by atoms with Gasteiger partial charge in [0.25, 0.3) is 0 Å². The number of nitrogens with two attached hydrogens (primary N) is 2. The van der Waals surface area contributed by atoms with Gasteiger partial charge in [-0.3, -0.25) is 9.35 Å². The van der Waals surface area contributed by atoms with E-state index in [0.717, 1.165) is 0 Å². The number of carbonyl (C=O) groups excluding carboxylic acids is 1. The molecular formula is C8H10N2O4S. The highest BCUT2D eigenvalue weighted by atomic mass is 32.2. The van der Waals surface area contributed by atoms with E-state index in [-0.39, 0.29) is 17.9 Å². The van der Waals surface area contributed by atoms with E-state index in [4.69, 9.17) is 16.0 Å². The first kappa shape index (κ1) is 11.5. The molecule has 82 valence electrons. The fourth-order valence-electron chi connectivity index (χ4n) is 1.04. The normalized spacial score (nSPS) is 12.1. The molecule has 1 aromatic carbocycles. The van der Waals surface area contributed by atoms with Crippen molar-refractivity contribution in [3.8, 4) is 5.75 Å². The number of amides is 1. The third-order valence-corrected chi connectivity index (χ3v) is 1.94. The topological polar surface area (TPSA) is 116 Å². The molecule has 0 aliphatic carbocycles. The second kappa shape index (κ2) is 4.76. The highest BCUT2D eigenvalue weighted by molar-refractivity contribution is 7.74. The lowest BCUT2D eigenvalue weighted by Gasteiger charge is -2.05. The lowest BCUT2D eigenvalue weighted by Crippen LogP contribution is -2.13. The van der Waals surface area contributed by atoms with Crippen molar-refractivity contribution >= 4 is 23.0 Å². The van der Waals surface area contributed by atoms with Crippen LogP contribution in [0.4, 0.5) is 5.69 Å². The molecule has 0 fully saturated rings. The van der Waals surface area contributed by atoms with Crippen LogP contribution in [-0.4, -0.2) is 14.7 Å². The van der Waals surface area contributed by atoms with Crippen molar-refractivity contribution in [1.29, 1.82) is 0 Å². The van der Waals surface area contributed by atoms with Gasteiger partial charge in [0.05, 0.1) is 12.1 Å². The molecule has 1 unspecified atom stereocenters. The zero-order chi connectivity index (χ0) is 11.4. The van der Waals surface area contributed by atoms with Gasteiger partial charge in [0.15, 0.2) is 5.75 Å². The Hall–Kier alpha value is -1.60. The number of benzene rings is 1. The van der Waals surface area contributed by atoms with Crippen LogP contribution in [0.5, 0.6) is 5.75 Å². The van der Waals surface area contributed by atoms with Crippen LogP contribution < -0.4 is 15.7 Å². The van der Waals surface area contributed by atoms with Crippen LogP contribution in [0.2, 0.25) is 0 Å². The summed E-state index contributed by atoms with van der Waals surface area (Å²) in [6.07, 6.45) is 0.0225. The molecule has 0 bridgehead atoms. The van der Waals surface area contributed by atoms with E-state index >= 15 is 0 Å². The van der Waals surface area contributed by atoms with Crippen LogP contribution in [-0.2, 0) is 22.6 Å². The number of rotatable bonds is 4. The van der Waals surface area contributed by atoms with Gasteiger partial charge in [-0.15, -0.1) is 0 Å². The highest BCUT2D eigenvalue weighted by Crippen LogP contribution is 2.23. The summed E-state index contributed by atoms with van der Waals surface area (Å²) in [5.74, 6) is -0.453. The second-order valence-corrected chi connectivity index (χ2v) is 3.42. The summed E-state index contributed by atoms with van der Waals surface area (Å²) in [5.41, 5.74) is 11.3. The monoisotopic (exact) mass is 230 g/mol. The number of hydrogen-bond donors (Lipinski definition) is 3. The summed E-state index contributed by atoms with van der Waals surface area (Å²) in [7, 11) is 0. The molecule has 0 saturated carbocycles. The Morgan fingerprint density at radius 3 is 2.73 bits per heavy atom. The van der Waals surface area contributed by atoms with Crippen LogP contribution in [0.15, 0.2) is 18.2 Å². The molecule has 0 heterocycles. The minimum absolute atomic E-state index is 0.0225. The zero-order valence-electron chi connectivity index (χ0n) is 7.67. The van der Waals surface area contributed by atoms with Crippen molar-refractivity contribution in [2.24, 2.45) is 5.73 Å². The third kappa shape index (κ3) is 3.56. The first-order valence-corrected chi connectivity index (χ1v) is 4.98. The van der Waals surface area contributed by atoms with E-state index in [9.17, 15) is 9.00 Å². The molecule has 1 rings (SSSR count). The fourth-order valence-corrected chi connectivity index (χ4v) is 1.34. The van der Waals surface area contributed by atoms with E-state index < -0.39 is 17.3 Å². The number of carbonyl (C=O) groups is 1. The maximum absolute atomic E-state index is 10.6. The number of hydrogen-bond acceptors (Lipinski definition) is 4. The molecule has 1 aromatic rings. The second-order valence-electron chi connectivity index (χ2n) is 2.82. The van der Waals surface area contributed by atoms with Crippen molar-refractivity contribution in [3.05, 3.63) is 23.8 Å². The number of anilines is 1. The van der Waals surface area contributed by atoms with E-state index in [0.29, 0.717) is 5.56 Å². The summed E-state index contributed by atoms with van der Waals surface area (Å²) in [5, 5.41) is 0. The van der Waals surface area contributed by atoms with Gasteiger partial charge in [0.2, 0.25) is 5.91 Å². The van der Waals surface area contributed by atoms with Gasteiger partial charge in [-0.25, -0.2) is 0 Å². The SMILES string of the molecule is NC(=O)Cc1ccc(N)c(OS(=O)O)c1. The molecule has 0 spiro atoms. The van der Waals surface area contributed by atoms with Crippen LogP contribution in [0.25, 0.3) is 0 Å². The smallest absolute Gasteiger partial charge is 0.357 e. The summed E-state index contributed by atoms with van der Waals surface area (Å²) >= 11 is -2.44. The first-order valence-electron chi connectivity index (χ1n) is 3.95. The molecule has 0 aliphatic heterocycles. The quantitative estimate of drug-likeness (QED) is 0.490. The molecule has 0 aliphatic rings. The molecule has 1 amide bonds. The van der Waals surface area contributed by atoms with Crippen molar-refractivity contribution in [1.82, 2.24) is 0 Å². The molecule has 1 atom stereocenters. The molecule has 0 radical (unpaired) electrons. The molecule has 6 nitrogen and oxygen atoms in total. The Balaban J connectivity index is 2.94. The summed E-state index contributed by atoms with van der Waals surface area (Å²) < 4.78 is 23.4. The summed E-state index contributed by atoms with van der Waals surface area (Å²) in [6, 6.07) is 4.46. The summed E-state index contributed by atoms with van der Waals surface area (Å²) in [4.78, 5) is 10.6. The number of nitrogen functional groups attached to an aromatic ring is 1. The minimum Gasteiger partial charge on any atom is -0.396 e. The molecule has 0 aromatic heterocycles. The van der Waals surface area contributed by atoms with Crippen molar-refractivity contribution in [2.75, 3.05) is 5.73 Å². The summed E-state index contributed by atoms with van der Waals surface area (Å²) in [6.45, 7) is 0. The third-order valence-electron chi connectivity index (χ3n) is 1.62. The van der Waals surface area contributed by atoms with Gasteiger partial charge < -0.3 is 15.7 Å². The van der Waals surface area contributed by atoms with Crippen molar-refractivity contribution < 1.29 is 17.7 Å². The maximum Gasteiger partial charge on any atom is 0.357 e. The van der Waals surface area contributed by atoms with Gasteiger partial charge in [-0.1, -0.05) is 6.07 Å². The largest absolute Gasteiger partial charge is 0.396 e. The van der Waals surface area contributed by atoms with E-state index in [1.807, 2.05) is 0 Å². The Labute approximate surface area is 88.7 Å². The van der Waals surface area contributed by atoms with E-state index in [1.165, 1.54) is 12.1 Å². The van der Waals surface area contributed by atoms with E-state index in [1.54, 1.807) is 6.07 Å². The Morgan fingerprint density at radius 2 is 2.20 bits per heavy atom. The standard InChI is InChI=1S/C8H10N2O4S/c9-6-2-1-5(4-8(10)11)3-7(6)14-15(12)13/h1-3H,4,9H2,(H2,10,11)(H,12,13). The average Bonchev–Trinajstić information content (AvgIpc) is 2.09. The molecule has 5 N–H and O–H groups in total. The predicted octanol–water partition coefficient (Wildman–Crippen LogP) is -0.188. The molecule has 0 saturated heterocycles. The first-order chi connectivity index (χ1) is 6.99. The fraction of sp³-hybridized carbons (Fsp3) is 0.125. The van der Waals surface area contributed by atoms with E-state index in [2.05, 4.69) is 4.18 Å². The lowest BCUT2D eigenvalue weighted by atomic mass is 10.1. The molecular weight excluding hydrogens is 220 g/mol. The van der Waals surface area contributed by atoms with Crippen LogP contribution in [0.1, 0.15) is 5.56 Å². The predicted molar refractivity (Wildman–Crippen MR) is 55.2 cm³/mol. The van der Waals surface area contributed by atoms with Crippen LogP contribution in [0, 0.1) is 0 Å². The number of primary amides is 1. The Kier molecular flexibility index (Phi) is 3.64. The maximum atomic E-state index is 10.6. The van der Waals surface area contributed by atoms with Gasteiger partial charge in [-0.2, -0.15) is 4.21 Å². The highest BCUT2D eigenvalue weighted by Gasteiger charge is 2.07. The van der Waals surface area contributed by atoms with Gasteiger partial charge >= 0.3 is 11.4 Å². The average molecular weight is 230 g/mol. The van der Waals surface area contributed by atoms with Crippen LogP contribution in [0.3, 0.4) is 0 Å². The Morgan fingerprint density at radius 1 is 1.53 bits per heavy atom. The van der Waals surface area contributed by atoms with Crippen molar-refractivity contribution in [2.45, 2.75) is 6.42 Å². The van der Waals surface area contributed by atoms with Gasteiger partial charge in [0, 0.05) is 0 Å². The van der Waals surface area contributed by atoms with Crippen LogP contribution >= 0.6 is 0 Å². The lowest BCUT2D eigenvalue weighted by molar-refractivity contribution is -0.117. The van der Waals surface area contributed by atoms with Gasteiger partial charge in [0.1, 0.15) is 0 Å². The Bertz CT molecular complexity index is 408. The molecule has 15 heavy (non-hydrogen) atoms. The zero-order valence-corrected chi connectivity index (χ0v) is 8.49. The van der Waals surface area contributed by atoms with Crippen molar-refractivity contribution in [3.63, 3.8) is 0 Å². The van der Waals surface area contributed by atoms with Gasteiger partial charge in [-0.05, 0) is 17.7 Å².